The highest BCUT2D eigenvalue weighted by Crippen LogP contribution is 2.35. The van der Waals surface area contributed by atoms with Crippen LogP contribution in [0.1, 0.15) is 0 Å². The molecule has 0 amide bonds. The lowest BCUT2D eigenvalue weighted by Crippen LogP contribution is -2.05. The van der Waals surface area contributed by atoms with Crippen molar-refractivity contribution in [3.05, 3.63) is 65.1 Å². The number of fused-ring (bicyclic) bond motifs is 2. The number of hydrogen-bond acceptors (Lipinski definition) is 3. The van der Waals surface area contributed by atoms with Crippen LogP contribution in [0.5, 0.6) is 5.75 Å². The van der Waals surface area contributed by atoms with Crippen molar-refractivity contribution in [2.75, 3.05) is 0 Å². The van der Waals surface area contributed by atoms with Crippen molar-refractivity contribution < 1.29 is 9.52 Å². The van der Waals surface area contributed by atoms with Gasteiger partial charge in [-0.2, -0.15) is 0 Å². The number of rotatable bonds is 1. The molecule has 2 aromatic heterocycles. The Morgan fingerprint density at radius 1 is 1.05 bits per heavy atom. The number of aromatic nitrogens is 1. The average molecular weight is 277 g/mol. The second kappa shape index (κ2) is 4.24. The number of hydrogen-bond donors (Lipinski definition) is 2. The van der Waals surface area contributed by atoms with Gasteiger partial charge in [-0.15, -0.1) is 0 Å². The third kappa shape index (κ3) is 1.73. The molecule has 2 heterocycles. The zero-order valence-corrected chi connectivity index (χ0v) is 11.0. The lowest BCUT2D eigenvalue weighted by molar-refractivity contribution is 0.481. The fourth-order valence-electron chi connectivity index (χ4n) is 2.61. The lowest BCUT2D eigenvalue weighted by atomic mass is 10.0. The summed E-state index contributed by atoms with van der Waals surface area (Å²) in [4.78, 5) is 14.6. The summed E-state index contributed by atoms with van der Waals surface area (Å²) in [5.74, 6) is 0.674. The Morgan fingerprint density at radius 2 is 1.90 bits per heavy atom. The molecule has 0 radical (unpaired) electrons. The van der Waals surface area contributed by atoms with Crippen LogP contribution in [-0.2, 0) is 0 Å². The second-order valence-corrected chi connectivity index (χ2v) is 4.88. The molecule has 0 saturated carbocycles. The van der Waals surface area contributed by atoms with Gasteiger partial charge in [0.15, 0.2) is 0 Å². The Hall–Kier alpha value is -3.01. The molecule has 4 heteroatoms. The smallest absolute Gasteiger partial charge is 0.255 e. The zero-order valence-electron chi connectivity index (χ0n) is 11.0. The highest BCUT2D eigenvalue weighted by molar-refractivity contribution is 6.00. The van der Waals surface area contributed by atoms with Gasteiger partial charge >= 0.3 is 0 Å². The van der Waals surface area contributed by atoms with E-state index in [0.29, 0.717) is 22.1 Å². The Kier molecular flexibility index (Phi) is 2.38. The fourth-order valence-corrected chi connectivity index (χ4v) is 2.61. The zero-order chi connectivity index (χ0) is 14.4. The number of benzene rings is 2. The maximum atomic E-state index is 11.9. The SMILES string of the molecule is O=c1[nH]cc(-c2cc3ccccc3o2)c2c(O)cccc12. The topological polar surface area (TPSA) is 66.2 Å². The van der Waals surface area contributed by atoms with Gasteiger partial charge in [-0.05, 0) is 24.3 Å². The monoisotopic (exact) mass is 277 g/mol. The molecule has 0 bridgehead atoms. The molecule has 0 atom stereocenters. The highest BCUT2D eigenvalue weighted by Gasteiger charge is 2.14. The van der Waals surface area contributed by atoms with Gasteiger partial charge in [0.1, 0.15) is 17.1 Å². The van der Waals surface area contributed by atoms with Crippen molar-refractivity contribution in [2.45, 2.75) is 0 Å². The molecule has 0 saturated heterocycles. The first-order chi connectivity index (χ1) is 10.2. The van der Waals surface area contributed by atoms with Gasteiger partial charge in [0.2, 0.25) is 0 Å². The van der Waals surface area contributed by atoms with Crippen LogP contribution >= 0.6 is 0 Å². The van der Waals surface area contributed by atoms with Crippen molar-refractivity contribution in [2.24, 2.45) is 0 Å². The van der Waals surface area contributed by atoms with Crippen molar-refractivity contribution >= 4 is 21.7 Å². The molecule has 102 valence electrons. The van der Waals surface area contributed by atoms with Crippen LogP contribution in [0.2, 0.25) is 0 Å². The molecule has 0 fully saturated rings. The van der Waals surface area contributed by atoms with E-state index in [0.717, 1.165) is 11.0 Å². The number of aromatic hydroxyl groups is 1. The second-order valence-electron chi connectivity index (χ2n) is 4.88. The lowest BCUT2D eigenvalue weighted by Gasteiger charge is -2.05. The summed E-state index contributed by atoms with van der Waals surface area (Å²) >= 11 is 0. The van der Waals surface area contributed by atoms with Gasteiger partial charge in [-0.3, -0.25) is 4.79 Å². The van der Waals surface area contributed by atoms with Gasteiger partial charge in [-0.1, -0.05) is 24.3 Å². The molecule has 0 aliphatic carbocycles. The third-order valence-electron chi connectivity index (χ3n) is 3.60. The summed E-state index contributed by atoms with van der Waals surface area (Å²) in [6, 6.07) is 14.5. The minimum absolute atomic E-state index is 0.0639. The van der Waals surface area contributed by atoms with Gasteiger partial charge in [0.25, 0.3) is 5.56 Å². The van der Waals surface area contributed by atoms with Crippen LogP contribution in [0.15, 0.2) is 63.9 Å². The summed E-state index contributed by atoms with van der Waals surface area (Å²) in [5, 5.41) is 12.0. The standard InChI is InChI=1S/C17H11NO3/c19-13-6-3-5-11-16(13)12(9-18-17(11)20)15-8-10-4-1-2-7-14(10)21-15/h1-9,19H,(H,18,20). The Bertz CT molecular complexity index is 994. The van der Waals surface area contributed by atoms with Crippen LogP contribution in [0.25, 0.3) is 33.1 Å². The minimum atomic E-state index is -0.235. The average Bonchev–Trinajstić information content (AvgIpc) is 2.92. The molecule has 2 aromatic carbocycles. The van der Waals surface area contributed by atoms with E-state index in [1.165, 1.54) is 0 Å². The molecule has 4 nitrogen and oxygen atoms in total. The first-order valence-electron chi connectivity index (χ1n) is 6.56. The minimum Gasteiger partial charge on any atom is -0.507 e. The summed E-state index contributed by atoms with van der Waals surface area (Å²) in [7, 11) is 0. The quantitative estimate of drug-likeness (QED) is 0.558. The summed E-state index contributed by atoms with van der Waals surface area (Å²) in [6.45, 7) is 0. The molecular formula is C17H11NO3. The van der Waals surface area contributed by atoms with E-state index < -0.39 is 0 Å². The van der Waals surface area contributed by atoms with Crippen molar-refractivity contribution in [1.82, 2.24) is 4.98 Å². The van der Waals surface area contributed by atoms with E-state index in [9.17, 15) is 9.90 Å². The summed E-state index contributed by atoms with van der Waals surface area (Å²) in [6.07, 6.45) is 1.57. The largest absolute Gasteiger partial charge is 0.507 e. The number of furan rings is 1. The highest BCUT2D eigenvalue weighted by atomic mass is 16.3. The van der Waals surface area contributed by atoms with E-state index >= 15 is 0 Å². The van der Waals surface area contributed by atoms with Crippen LogP contribution in [0, 0.1) is 0 Å². The molecular weight excluding hydrogens is 266 g/mol. The molecule has 2 N–H and O–H groups in total. The molecule has 0 unspecified atom stereocenters. The van der Waals surface area contributed by atoms with Crippen molar-refractivity contribution in [3.8, 4) is 17.1 Å². The van der Waals surface area contributed by atoms with Gasteiger partial charge in [-0.25, -0.2) is 0 Å². The Balaban J connectivity index is 2.11. The predicted molar refractivity (Wildman–Crippen MR) is 81.4 cm³/mol. The molecule has 0 spiro atoms. The molecule has 21 heavy (non-hydrogen) atoms. The predicted octanol–water partition coefficient (Wildman–Crippen LogP) is 3.65. The summed E-state index contributed by atoms with van der Waals surface area (Å²) in [5.41, 5.74) is 1.20. The van der Waals surface area contributed by atoms with Crippen molar-refractivity contribution in [3.63, 3.8) is 0 Å². The van der Waals surface area contributed by atoms with Crippen molar-refractivity contribution in [1.29, 1.82) is 0 Å². The van der Waals surface area contributed by atoms with Crippen LogP contribution in [-0.4, -0.2) is 10.1 Å². The van der Waals surface area contributed by atoms with Crippen LogP contribution < -0.4 is 5.56 Å². The maximum Gasteiger partial charge on any atom is 0.255 e. The van der Waals surface area contributed by atoms with E-state index in [1.54, 1.807) is 24.4 Å². The van der Waals surface area contributed by atoms with E-state index in [2.05, 4.69) is 4.98 Å². The molecule has 0 aliphatic heterocycles. The van der Waals surface area contributed by atoms with E-state index in [4.69, 9.17) is 4.42 Å². The first-order valence-corrected chi connectivity index (χ1v) is 6.56. The van der Waals surface area contributed by atoms with Gasteiger partial charge in [0, 0.05) is 22.5 Å². The normalized spacial score (nSPS) is 11.2. The molecule has 4 aromatic rings. The number of nitrogens with one attached hydrogen (secondary N) is 1. The van der Waals surface area contributed by atoms with E-state index in [-0.39, 0.29) is 11.3 Å². The fraction of sp³-hybridized carbons (Fsp3) is 0. The van der Waals surface area contributed by atoms with E-state index in [1.807, 2.05) is 30.3 Å². The number of para-hydroxylation sites is 1. The number of H-pyrrole nitrogens is 1. The molecule has 4 rings (SSSR count). The number of phenols is 1. The molecule has 0 aliphatic rings. The Morgan fingerprint density at radius 3 is 2.76 bits per heavy atom. The van der Waals surface area contributed by atoms with Crippen LogP contribution in [0.3, 0.4) is 0 Å². The Labute approximate surface area is 119 Å². The maximum absolute atomic E-state index is 11.9. The van der Waals surface area contributed by atoms with Gasteiger partial charge in [0.05, 0.1) is 5.39 Å². The number of pyridine rings is 1. The first kappa shape index (κ1) is 11.8. The number of phenolic OH excluding ortho intramolecular Hbond substituents is 1. The van der Waals surface area contributed by atoms with Crippen LogP contribution in [0.4, 0.5) is 0 Å². The number of aromatic amines is 1. The van der Waals surface area contributed by atoms with Gasteiger partial charge < -0.3 is 14.5 Å². The third-order valence-corrected chi connectivity index (χ3v) is 3.60. The summed E-state index contributed by atoms with van der Waals surface area (Å²) < 4.78 is 5.82.